The molecule has 0 heterocycles. The monoisotopic (exact) mass is 343 g/mol. The highest BCUT2D eigenvalue weighted by Gasteiger charge is 1.99. The molecule has 0 radical (unpaired) electrons. The van der Waals surface area contributed by atoms with Crippen molar-refractivity contribution in [3.05, 3.63) is 54.1 Å². The molecule has 136 valence electrons. The van der Waals surface area contributed by atoms with Gasteiger partial charge in [0.15, 0.2) is 0 Å². The van der Waals surface area contributed by atoms with Crippen molar-refractivity contribution in [3.63, 3.8) is 0 Å². The molecule has 0 aliphatic carbocycles. The molecule has 1 N–H and O–H groups in total. The number of hydrogen-bond acceptors (Lipinski definition) is 4. The van der Waals surface area contributed by atoms with Crippen molar-refractivity contribution in [3.8, 4) is 11.5 Å². The zero-order chi connectivity index (χ0) is 17.7. The maximum absolute atomic E-state index is 5.74. The highest BCUT2D eigenvalue weighted by atomic mass is 16.5. The number of benzene rings is 2. The molecule has 0 spiro atoms. The summed E-state index contributed by atoms with van der Waals surface area (Å²) in [5, 5.41) is 3.42. The Kier molecular flexibility index (Phi) is 8.70. The smallest absolute Gasteiger partial charge is 0.121 e. The summed E-state index contributed by atoms with van der Waals surface area (Å²) in [6.45, 7) is 4.90. The van der Waals surface area contributed by atoms with Gasteiger partial charge in [0.2, 0.25) is 0 Å². The Morgan fingerprint density at radius 2 is 1.64 bits per heavy atom. The lowest BCUT2D eigenvalue weighted by atomic mass is 10.2. The zero-order valence-corrected chi connectivity index (χ0v) is 15.3. The Bertz CT molecular complexity index is 598. The average Bonchev–Trinajstić information content (AvgIpc) is 2.65. The van der Waals surface area contributed by atoms with Crippen LogP contribution in [0.15, 0.2) is 48.5 Å². The number of rotatable bonds is 12. The fourth-order valence-corrected chi connectivity index (χ4v) is 2.39. The van der Waals surface area contributed by atoms with Crippen molar-refractivity contribution >= 4 is 5.69 Å². The van der Waals surface area contributed by atoms with Gasteiger partial charge in [0, 0.05) is 25.4 Å². The van der Waals surface area contributed by atoms with E-state index < -0.39 is 0 Å². The van der Waals surface area contributed by atoms with Crippen LogP contribution < -0.4 is 14.8 Å². The molecule has 25 heavy (non-hydrogen) atoms. The van der Waals surface area contributed by atoms with E-state index in [-0.39, 0.29) is 0 Å². The third kappa shape index (κ3) is 7.48. The molecule has 0 atom stereocenters. The summed E-state index contributed by atoms with van der Waals surface area (Å²) < 4.78 is 16.4. The molecule has 4 heteroatoms. The van der Waals surface area contributed by atoms with Gasteiger partial charge in [-0.1, -0.05) is 38.0 Å². The van der Waals surface area contributed by atoms with Gasteiger partial charge < -0.3 is 19.5 Å². The lowest BCUT2D eigenvalue weighted by Gasteiger charge is -2.10. The van der Waals surface area contributed by atoms with E-state index in [1.165, 1.54) is 18.4 Å². The van der Waals surface area contributed by atoms with Crippen LogP contribution in [0.5, 0.6) is 11.5 Å². The summed E-state index contributed by atoms with van der Waals surface area (Å²) in [5.41, 5.74) is 2.25. The molecule has 0 aromatic heterocycles. The standard InChI is InChI=1S/C21H29NO3/c1-3-4-5-13-24-20-11-9-18(10-12-20)17-22-19-7-6-8-21(16-19)25-15-14-23-2/h6-12,16,22H,3-5,13-15,17H2,1-2H3. The summed E-state index contributed by atoms with van der Waals surface area (Å²) in [5.74, 6) is 1.78. The largest absolute Gasteiger partial charge is 0.494 e. The molecule has 2 aromatic carbocycles. The minimum atomic E-state index is 0.555. The van der Waals surface area contributed by atoms with E-state index in [9.17, 15) is 0 Å². The second-order valence-electron chi connectivity index (χ2n) is 5.92. The van der Waals surface area contributed by atoms with Crippen molar-refractivity contribution in [2.24, 2.45) is 0 Å². The van der Waals surface area contributed by atoms with Crippen LogP contribution in [0.2, 0.25) is 0 Å². The molecule has 4 nitrogen and oxygen atoms in total. The van der Waals surface area contributed by atoms with Gasteiger partial charge in [-0.15, -0.1) is 0 Å². The lowest BCUT2D eigenvalue weighted by Crippen LogP contribution is -2.05. The first kappa shape index (κ1) is 19.1. The first-order valence-corrected chi connectivity index (χ1v) is 8.99. The van der Waals surface area contributed by atoms with Crippen LogP contribution in [0.4, 0.5) is 5.69 Å². The number of anilines is 1. The van der Waals surface area contributed by atoms with E-state index in [1.54, 1.807) is 7.11 Å². The van der Waals surface area contributed by atoms with Crippen LogP contribution in [-0.4, -0.2) is 26.9 Å². The van der Waals surface area contributed by atoms with Gasteiger partial charge in [-0.25, -0.2) is 0 Å². The predicted molar refractivity (Wildman–Crippen MR) is 103 cm³/mol. The lowest BCUT2D eigenvalue weighted by molar-refractivity contribution is 0.146. The fourth-order valence-electron chi connectivity index (χ4n) is 2.39. The topological polar surface area (TPSA) is 39.7 Å². The normalized spacial score (nSPS) is 10.5. The summed E-state index contributed by atoms with van der Waals surface area (Å²) in [6.07, 6.45) is 3.55. The molecule has 2 rings (SSSR count). The van der Waals surface area contributed by atoms with Gasteiger partial charge in [-0.05, 0) is 36.2 Å². The van der Waals surface area contributed by atoms with E-state index >= 15 is 0 Å². The summed E-state index contributed by atoms with van der Waals surface area (Å²) >= 11 is 0. The van der Waals surface area contributed by atoms with Crippen LogP contribution in [0, 0.1) is 0 Å². The van der Waals surface area contributed by atoms with Gasteiger partial charge in [-0.2, -0.15) is 0 Å². The molecular formula is C21H29NO3. The van der Waals surface area contributed by atoms with Crippen LogP contribution >= 0.6 is 0 Å². The Labute approximate surface area is 151 Å². The van der Waals surface area contributed by atoms with E-state index in [0.29, 0.717) is 13.2 Å². The highest BCUT2D eigenvalue weighted by molar-refractivity contribution is 5.48. The van der Waals surface area contributed by atoms with Crippen molar-refractivity contribution in [1.29, 1.82) is 0 Å². The third-order valence-electron chi connectivity index (χ3n) is 3.83. The van der Waals surface area contributed by atoms with Gasteiger partial charge >= 0.3 is 0 Å². The summed E-state index contributed by atoms with van der Waals surface area (Å²) in [7, 11) is 1.67. The van der Waals surface area contributed by atoms with Gasteiger partial charge in [0.05, 0.1) is 13.2 Å². The second kappa shape index (κ2) is 11.4. The Morgan fingerprint density at radius 1 is 0.840 bits per heavy atom. The molecule has 0 aliphatic rings. The van der Waals surface area contributed by atoms with Crippen molar-refractivity contribution in [1.82, 2.24) is 0 Å². The number of nitrogens with one attached hydrogen (secondary N) is 1. The molecule has 2 aromatic rings. The quantitative estimate of drug-likeness (QED) is 0.557. The molecule has 0 unspecified atom stereocenters. The molecular weight excluding hydrogens is 314 g/mol. The first-order chi connectivity index (χ1) is 12.3. The fraction of sp³-hybridized carbons (Fsp3) is 0.429. The molecule has 0 saturated heterocycles. The average molecular weight is 343 g/mol. The molecule has 0 bridgehead atoms. The molecule has 0 aliphatic heterocycles. The minimum Gasteiger partial charge on any atom is -0.494 e. The Balaban J connectivity index is 1.77. The van der Waals surface area contributed by atoms with Crippen molar-refractivity contribution in [2.45, 2.75) is 32.7 Å². The van der Waals surface area contributed by atoms with Gasteiger partial charge in [0.1, 0.15) is 18.1 Å². The first-order valence-electron chi connectivity index (χ1n) is 8.99. The third-order valence-corrected chi connectivity index (χ3v) is 3.83. The van der Waals surface area contributed by atoms with Crippen LogP contribution in [0.25, 0.3) is 0 Å². The van der Waals surface area contributed by atoms with Crippen molar-refractivity contribution < 1.29 is 14.2 Å². The Hall–Kier alpha value is -2.20. The zero-order valence-electron chi connectivity index (χ0n) is 15.3. The van der Waals surface area contributed by atoms with Crippen LogP contribution in [0.1, 0.15) is 31.7 Å². The van der Waals surface area contributed by atoms with Crippen LogP contribution in [0.3, 0.4) is 0 Å². The summed E-state index contributed by atoms with van der Waals surface area (Å²) in [4.78, 5) is 0. The maximum atomic E-state index is 5.74. The molecule has 0 fully saturated rings. The molecule has 0 saturated carbocycles. The van der Waals surface area contributed by atoms with Crippen LogP contribution in [-0.2, 0) is 11.3 Å². The SMILES string of the molecule is CCCCCOc1ccc(CNc2cccc(OCCOC)c2)cc1. The van der Waals surface area contributed by atoms with E-state index in [0.717, 1.165) is 36.8 Å². The van der Waals surface area contributed by atoms with E-state index in [2.05, 4.69) is 24.4 Å². The van der Waals surface area contributed by atoms with Crippen molar-refractivity contribution in [2.75, 3.05) is 32.2 Å². The minimum absolute atomic E-state index is 0.555. The highest BCUT2D eigenvalue weighted by Crippen LogP contribution is 2.19. The Morgan fingerprint density at radius 3 is 2.40 bits per heavy atom. The number of unbranched alkanes of at least 4 members (excludes halogenated alkanes) is 2. The van der Waals surface area contributed by atoms with E-state index in [1.807, 2.05) is 36.4 Å². The van der Waals surface area contributed by atoms with Gasteiger partial charge in [-0.3, -0.25) is 0 Å². The maximum Gasteiger partial charge on any atom is 0.121 e. The summed E-state index contributed by atoms with van der Waals surface area (Å²) in [6, 6.07) is 16.2. The molecule has 0 amide bonds. The second-order valence-corrected chi connectivity index (χ2v) is 5.92. The number of ether oxygens (including phenoxy) is 3. The van der Waals surface area contributed by atoms with Gasteiger partial charge in [0.25, 0.3) is 0 Å². The number of methoxy groups -OCH3 is 1. The van der Waals surface area contributed by atoms with E-state index in [4.69, 9.17) is 14.2 Å². The predicted octanol–water partition coefficient (Wildman–Crippen LogP) is 4.89. The number of hydrogen-bond donors (Lipinski definition) is 1.